The Morgan fingerprint density at radius 3 is 1.43 bits per heavy atom. The summed E-state index contributed by atoms with van der Waals surface area (Å²) in [4.78, 5) is 7.87. The highest BCUT2D eigenvalue weighted by molar-refractivity contribution is 6.24. The second-order valence-corrected chi connectivity index (χ2v) is 15.6. The van der Waals surface area contributed by atoms with Gasteiger partial charge in [-0.05, 0) is 107 Å². The third-order valence-electron chi connectivity index (χ3n) is 12.1. The van der Waals surface area contributed by atoms with E-state index < -0.39 is 0 Å². The van der Waals surface area contributed by atoms with E-state index in [0.29, 0.717) is 0 Å². The van der Waals surface area contributed by atoms with Crippen LogP contribution in [0.1, 0.15) is 0 Å². The smallest absolute Gasteiger partial charge is 0.145 e. The van der Waals surface area contributed by atoms with Gasteiger partial charge in [-0.3, -0.25) is 4.57 Å². The van der Waals surface area contributed by atoms with Crippen LogP contribution in [-0.2, 0) is 0 Å². The van der Waals surface area contributed by atoms with Crippen molar-refractivity contribution in [3.05, 3.63) is 231 Å². The Balaban J connectivity index is 1.05. The van der Waals surface area contributed by atoms with Crippen molar-refractivity contribution in [2.45, 2.75) is 0 Å². The van der Waals surface area contributed by atoms with E-state index in [-0.39, 0.29) is 0 Å². The second kappa shape index (κ2) is 14.3. The Kier molecular flexibility index (Phi) is 8.13. The molecule has 0 saturated heterocycles. The Morgan fingerprint density at radius 2 is 0.770 bits per heavy atom. The lowest BCUT2D eigenvalue weighted by atomic mass is 10.00. The van der Waals surface area contributed by atoms with Crippen LogP contribution >= 0.6 is 0 Å². The summed E-state index contributed by atoms with van der Waals surface area (Å²) in [5, 5.41) is 7.20. The monoisotopic (exact) mass is 778 g/mol. The molecule has 4 heteroatoms. The van der Waals surface area contributed by atoms with Gasteiger partial charge in [0.1, 0.15) is 5.82 Å². The predicted octanol–water partition coefficient (Wildman–Crippen LogP) is 15.2. The van der Waals surface area contributed by atoms with Crippen LogP contribution in [0.25, 0.3) is 88.3 Å². The summed E-state index contributed by atoms with van der Waals surface area (Å²) in [6, 6.07) is 82.7. The Bertz CT molecular complexity index is 3550. The van der Waals surface area contributed by atoms with Crippen LogP contribution in [0.2, 0.25) is 0 Å². The van der Waals surface area contributed by atoms with Crippen molar-refractivity contribution >= 4 is 71.4 Å². The molecule has 12 rings (SSSR count). The normalized spacial score (nSPS) is 11.6. The van der Waals surface area contributed by atoms with Crippen LogP contribution in [-0.4, -0.2) is 14.1 Å². The topological polar surface area (TPSA) is 26.0 Å². The molecule has 0 aliphatic heterocycles. The number of benzene rings is 10. The van der Waals surface area contributed by atoms with Gasteiger partial charge in [0, 0.05) is 55.5 Å². The summed E-state index contributed by atoms with van der Waals surface area (Å²) in [5.41, 5.74) is 13.3. The minimum atomic E-state index is 0.906. The third-order valence-corrected chi connectivity index (χ3v) is 12.1. The van der Waals surface area contributed by atoms with E-state index in [2.05, 4.69) is 245 Å². The number of rotatable bonds is 7. The van der Waals surface area contributed by atoms with Gasteiger partial charge in [0.05, 0.1) is 22.1 Å². The van der Waals surface area contributed by atoms with Crippen molar-refractivity contribution < 1.29 is 0 Å². The zero-order valence-corrected chi connectivity index (χ0v) is 33.2. The van der Waals surface area contributed by atoms with E-state index in [0.717, 1.165) is 56.2 Å². The number of nitrogens with zero attached hydrogens (tertiary/aromatic N) is 4. The summed E-state index contributed by atoms with van der Waals surface area (Å²) in [6.07, 6.45) is 0. The molecule has 286 valence electrons. The molecule has 0 N–H and O–H groups in total. The van der Waals surface area contributed by atoms with Gasteiger partial charge in [0.2, 0.25) is 0 Å². The van der Waals surface area contributed by atoms with Gasteiger partial charge in [-0.2, -0.15) is 0 Å². The molecular weight excluding hydrogens is 741 g/mol. The van der Waals surface area contributed by atoms with Crippen LogP contribution in [0.15, 0.2) is 231 Å². The van der Waals surface area contributed by atoms with Crippen molar-refractivity contribution in [2.75, 3.05) is 4.90 Å². The molecule has 10 aromatic carbocycles. The van der Waals surface area contributed by atoms with E-state index in [1.807, 2.05) is 0 Å². The summed E-state index contributed by atoms with van der Waals surface area (Å²) < 4.78 is 4.71. The Morgan fingerprint density at radius 1 is 0.311 bits per heavy atom. The van der Waals surface area contributed by atoms with Gasteiger partial charge in [0.25, 0.3) is 0 Å². The Labute approximate surface area is 353 Å². The molecule has 61 heavy (non-hydrogen) atoms. The number of imidazole rings is 1. The molecule has 2 heterocycles. The molecule has 0 atom stereocenters. The van der Waals surface area contributed by atoms with E-state index >= 15 is 0 Å². The molecule has 0 aliphatic rings. The number of fused-ring (bicyclic) bond motifs is 9. The van der Waals surface area contributed by atoms with Gasteiger partial charge >= 0.3 is 0 Å². The fraction of sp³-hybridized carbons (Fsp3) is 0. The van der Waals surface area contributed by atoms with Gasteiger partial charge in [-0.25, -0.2) is 4.98 Å². The maximum Gasteiger partial charge on any atom is 0.145 e. The molecule has 0 amide bonds. The minimum absolute atomic E-state index is 0.906. The lowest BCUT2D eigenvalue weighted by molar-refractivity contribution is 1.11. The van der Waals surface area contributed by atoms with Crippen molar-refractivity contribution in [1.82, 2.24) is 14.1 Å². The highest BCUT2D eigenvalue weighted by atomic mass is 15.1. The summed E-state index contributed by atoms with van der Waals surface area (Å²) >= 11 is 0. The largest absolute Gasteiger partial charge is 0.310 e. The fourth-order valence-electron chi connectivity index (χ4n) is 9.32. The van der Waals surface area contributed by atoms with E-state index in [1.165, 1.54) is 49.1 Å². The summed E-state index contributed by atoms with van der Waals surface area (Å²) in [7, 11) is 0. The van der Waals surface area contributed by atoms with Crippen LogP contribution in [0, 0.1) is 0 Å². The van der Waals surface area contributed by atoms with Crippen LogP contribution in [0.5, 0.6) is 0 Å². The first-order chi connectivity index (χ1) is 30.3. The standard InChI is InChI=1S/C57H38N4/c1-4-16-39(17-5-1)40-28-32-44(33-29-40)59(46-36-37-54-52(38-46)49-24-14-15-27-53(49)60(54)42-18-6-2-7-19-42)45-34-30-41(31-35-45)57-58-55-50-25-12-10-22-47(50)48-23-11-13-26-51(48)56(55)61(57)43-20-8-3-9-21-43/h1-38H. The number of anilines is 3. The Hall–Kier alpha value is -8.21. The molecule has 0 aliphatic carbocycles. The van der Waals surface area contributed by atoms with Gasteiger partial charge in [0.15, 0.2) is 0 Å². The molecular formula is C57H38N4. The number of hydrogen-bond donors (Lipinski definition) is 0. The second-order valence-electron chi connectivity index (χ2n) is 15.6. The molecule has 0 saturated carbocycles. The van der Waals surface area contributed by atoms with Crippen LogP contribution in [0.3, 0.4) is 0 Å². The number of aromatic nitrogens is 3. The van der Waals surface area contributed by atoms with Crippen LogP contribution in [0.4, 0.5) is 17.1 Å². The molecule has 12 aromatic rings. The lowest BCUT2D eigenvalue weighted by Gasteiger charge is -2.26. The first-order valence-electron chi connectivity index (χ1n) is 20.8. The first kappa shape index (κ1) is 34.8. The van der Waals surface area contributed by atoms with Crippen LogP contribution < -0.4 is 4.90 Å². The van der Waals surface area contributed by atoms with Crippen molar-refractivity contribution in [3.63, 3.8) is 0 Å². The molecule has 4 nitrogen and oxygen atoms in total. The zero-order valence-electron chi connectivity index (χ0n) is 33.2. The van der Waals surface area contributed by atoms with Crippen molar-refractivity contribution in [3.8, 4) is 33.9 Å². The number of para-hydroxylation sites is 3. The van der Waals surface area contributed by atoms with Crippen molar-refractivity contribution in [1.29, 1.82) is 0 Å². The molecule has 0 radical (unpaired) electrons. The number of hydrogen-bond acceptors (Lipinski definition) is 2. The predicted molar refractivity (Wildman–Crippen MR) is 256 cm³/mol. The molecule has 2 aromatic heterocycles. The molecule has 0 spiro atoms. The highest BCUT2D eigenvalue weighted by Gasteiger charge is 2.22. The zero-order chi connectivity index (χ0) is 40.3. The molecule has 0 unspecified atom stereocenters. The summed E-state index contributed by atoms with van der Waals surface area (Å²) in [5.74, 6) is 0.906. The average Bonchev–Trinajstić information content (AvgIpc) is 3.90. The minimum Gasteiger partial charge on any atom is -0.310 e. The van der Waals surface area contributed by atoms with E-state index in [4.69, 9.17) is 4.98 Å². The van der Waals surface area contributed by atoms with E-state index in [1.54, 1.807) is 0 Å². The molecule has 0 bridgehead atoms. The highest BCUT2D eigenvalue weighted by Crippen LogP contribution is 2.43. The molecule has 0 fully saturated rings. The summed E-state index contributed by atoms with van der Waals surface area (Å²) in [6.45, 7) is 0. The van der Waals surface area contributed by atoms with Gasteiger partial charge in [-0.15, -0.1) is 0 Å². The van der Waals surface area contributed by atoms with Crippen molar-refractivity contribution in [2.24, 2.45) is 0 Å². The van der Waals surface area contributed by atoms with Gasteiger partial charge in [-0.1, -0.05) is 146 Å². The SMILES string of the molecule is c1ccc(-c2ccc(N(c3ccc(-c4nc5c6ccccc6c6ccccc6c5n4-c4ccccc4)cc3)c3ccc4c(c3)c3ccccc3n4-c3ccccc3)cc2)cc1. The quantitative estimate of drug-likeness (QED) is 0.151. The first-order valence-corrected chi connectivity index (χ1v) is 20.8. The van der Waals surface area contributed by atoms with E-state index in [9.17, 15) is 0 Å². The maximum atomic E-state index is 5.50. The maximum absolute atomic E-state index is 5.50. The third kappa shape index (κ3) is 5.72. The average molecular weight is 779 g/mol. The lowest BCUT2D eigenvalue weighted by Crippen LogP contribution is -2.10. The van der Waals surface area contributed by atoms with Gasteiger partial charge < -0.3 is 9.47 Å². The fourth-order valence-corrected chi connectivity index (χ4v) is 9.32.